The van der Waals surface area contributed by atoms with E-state index in [1.165, 1.54) is 18.2 Å². The Hall–Kier alpha value is -0.350. The Kier molecular flexibility index (Phi) is 3.50. The van der Waals surface area contributed by atoms with E-state index in [4.69, 9.17) is 4.89 Å². The molecule has 0 bridgehead atoms. The molecule has 0 saturated heterocycles. The molecule has 0 fully saturated rings. The van der Waals surface area contributed by atoms with Crippen LogP contribution in [0.5, 0.6) is 0 Å². The van der Waals surface area contributed by atoms with Crippen molar-refractivity contribution in [2.75, 3.05) is 6.66 Å². The Labute approximate surface area is 79.7 Å². The molecule has 0 saturated carbocycles. The number of rotatable bonds is 3. The molecule has 0 aliphatic carbocycles. The highest BCUT2D eigenvalue weighted by Gasteiger charge is 2.11. The first-order valence-corrected chi connectivity index (χ1v) is 6.16. The summed E-state index contributed by atoms with van der Waals surface area (Å²) in [6, 6.07) is 5.59. The van der Waals surface area contributed by atoms with Crippen LogP contribution in [0.25, 0.3) is 0 Å². The fourth-order valence-electron chi connectivity index (χ4n) is 0.631. The summed E-state index contributed by atoms with van der Waals surface area (Å²) in [5.74, 6) is -0.405. The average molecular weight is 222 g/mol. The van der Waals surface area contributed by atoms with Crippen LogP contribution in [0.1, 0.15) is 0 Å². The third kappa shape index (κ3) is 4.43. The minimum atomic E-state index is -3.51. The van der Waals surface area contributed by atoms with E-state index in [0.717, 1.165) is 6.66 Å². The smallest absolute Gasteiger partial charge is 0.324 e. The normalized spacial score (nSPS) is 15.3. The van der Waals surface area contributed by atoms with Crippen molar-refractivity contribution < 1.29 is 17.8 Å². The molecule has 0 aliphatic rings. The van der Waals surface area contributed by atoms with Crippen LogP contribution in [0, 0.1) is 5.82 Å². The summed E-state index contributed by atoms with van der Waals surface area (Å²) in [5.41, 5.74) is 0. The van der Waals surface area contributed by atoms with Crippen LogP contribution in [-0.2, 0) is 8.54 Å². The number of hydrogen-bond donors (Lipinski definition) is 1. The molecule has 1 unspecified atom stereocenters. The summed E-state index contributed by atoms with van der Waals surface area (Å²) in [6.07, 6.45) is 0. The molecular weight excluding hydrogens is 214 g/mol. The first kappa shape index (κ1) is 10.7. The maximum absolute atomic E-state index is 12.6. The molecule has 0 radical (unpaired) electrons. The zero-order valence-corrected chi connectivity index (χ0v) is 8.52. The van der Waals surface area contributed by atoms with Gasteiger partial charge in [-0.1, -0.05) is 6.07 Å². The summed E-state index contributed by atoms with van der Waals surface area (Å²) < 4.78 is 27.8. The zero-order valence-electron chi connectivity index (χ0n) is 6.81. The Bertz CT molecular complexity index is 338. The number of benzene rings is 1. The Morgan fingerprint density at radius 1 is 1.62 bits per heavy atom. The summed E-state index contributed by atoms with van der Waals surface area (Å²) >= 11 is 0.688. The highest BCUT2D eigenvalue weighted by atomic mass is 32.2. The summed E-state index contributed by atoms with van der Waals surface area (Å²) in [4.78, 5) is 9.22. The van der Waals surface area contributed by atoms with E-state index in [9.17, 15) is 8.96 Å². The highest BCUT2D eigenvalue weighted by Crippen LogP contribution is 2.43. The molecule has 1 aromatic carbocycles. The van der Waals surface area contributed by atoms with Gasteiger partial charge in [0.05, 0.1) is 0 Å². The van der Waals surface area contributed by atoms with Crippen molar-refractivity contribution in [3.8, 4) is 0 Å². The van der Waals surface area contributed by atoms with Crippen molar-refractivity contribution in [2.45, 2.75) is 4.90 Å². The molecule has 13 heavy (non-hydrogen) atoms. The SMILES string of the molecule is CP(=O)(O)OSc1cccc(F)c1. The topological polar surface area (TPSA) is 46.5 Å². The van der Waals surface area contributed by atoms with E-state index in [0.29, 0.717) is 16.9 Å². The number of hydrogen-bond acceptors (Lipinski definition) is 3. The summed E-state index contributed by atoms with van der Waals surface area (Å²) in [6.45, 7) is 1.07. The van der Waals surface area contributed by atoms with Crippen LogP contribution in [0.2, 0.25) is 0 Å². The van der Waals surface area contributed by atoms with E-state index in [1.807, 2.05) is 0 Å². The van der Waals surface area contributed by atoms with E-state index >= 15 is 0 Å². The molecule has 1 atom stereocenters. The lowest BCUT2D eigenvalue weighted by molar-refractivity contribution is 0.409. The zero-order chi connectivity index (χ0) is 9.90. The van der Waals surface area contributed by atoms with Gasteiger partial charge in [-0.25, -0.2) is 8.36 Å². The predicted molar refractivity (Wildman–Crippen MR) is 49.1 cm³/mol. The highest BCUT2D eigenvalue weighted by molar-refractivity contribution is 7.98. The molecule has 1 rings (SSSR count). The quantitative estimate of drug-likeness (QED) is 0.630. The fraction of sp³-hybridized carbons (Fsp3) is 0.143. The van der Waals surface area contributed by atoms with Crippen molar-refractivity contribution in [3.63, 3.8) is 0 Å². The largest absolute Gasteiger partial charge is 0.336 e. The van der Waals surface area contributed by atoms with E-state index in [2.05, 4.69) is 3.97 Å². The van der Waals surface area contributed by atoms with Crippen LogP contribution in [0.15, 0.2) is 29.2 Å². The number of halogens is 1. The second-order valence-corrected chi connectivity index (χ2v) is 5.26. The van der Waals surface area contributed by atoms with Crippen LogP contribution < -0.4 is 0 Å². The third-order valence-corrected chi connectivity index (χ3v) is 2.92. The van der Waals surface area contributed by atoms with Gasteiger partial charge < -0.3 is 4.89 Å². The van der Waals surface area contributed by atoms with Crippen molar-refractivity contribution in [1.82, 2.24) is 0 Å². The summed E-state index contributed by atoms with van der Waals surface area (Å²) in [5, 5.41) is 0. The second kappa shape index (κ2) is 4.24. The molecule has 3 nitrogen and oxygen atoms in total. The molecule has 72 valence electrons. The van der Waals surface area contributed by atoms with Gasteiger partial charge in [0, 0.05) is 23.6 Å². The third-order valence-electron chi connectivity index (χ3n) is 1.07. The van der Waals surface area contributed by atoms with Gasteiger partial charge >= 0.3 is 7.60 Å². The molecule has 0 aliphatic heterocycles. The minimum Gasteiger partial charge on any atom is -0.324 e. The van der Waals surface area contributed by atoms with Gasteiger partial charge in [0.15, 0.2) is 0 Å². The Balaban J connectivity index is 2.60. The Morgan fingerprint density at radius 2 is 2.31 bits per heavy atom. The molecule has 0 amide bonds. The fourth-order valence-corrected chi connectivity index (χ4v) is 1.82. The van der Waals surface area contributed by atoms with Gasteiger partial charge in [0.1, 0.15) is 5.82 Å². The second-order valence-electron chi connectivity index (χ2n) is 2.42. The lowest BCUT2D eigenvalue weighted by atomic mass is 10.4. The first-order chi connectivity index (χ1) is 5.97. The molecule has 0 aromatic heterocycles. The van der Waals surface area contributed by atoms with Gasteiger partial charge in [-0.05, 0) is 18.2 Å². The van der Waals surface area contributed by atoms with Crippen LogP contribution >= 0.6 is 19.6 Å². The lowest BCUT2D eigenvalue weighted by Crippen LogP contribution is -1.79. The van der Waals surface area contributed by atoms with Gasteiger partial charge in [-0.3, -0.25) is 4.57 Å². The van der Waals surface area contributed by atoms with Gasteiger partial charge in [-0.15, -0.1) is 0 Å². The Morgan fingerprint density at radius 3 is 2.85 bits per heavy atom. The van der Waals surface area contributed by atoms with Crippen LogP contribution in [0.3, 0.4) is 0 Å². The van der Waals surface area contributed by atoms with Gasteiger partial charge in [0.25, 0.3) is 0 Å². The monoisotopic (exact) mass is 222 g/mol. The van der Waals surface area contributed by atoms with Crippen LogP contribution in [0.4, 0.5) is 4.39 Å². The van der Waals surface area contributed by atoms with E-state index in [-0.39, 0.29) is 0 Å². The van der Waals surface area contributed by atoms with Gasteiger partial charge in [-0.2, -0.15) is 0 Å². The van der Waals surface area contributed by atoms with Crippen molar-refractivity contribution in [1.29, 1.82) is 0 Å². The predicted octanol–water partition coefficient (Wildman–Crippen LogP) is 2.66. The molecule has 6 heteroatoms. The average Bonchev–Trinajstić information content (AvgIpc) is 2.00. The minimum absolute atomic E-state index is 0.405. The molecule has 0 heterocycles. The van der Waals surface area contributed by atoms with Crippen molar-refractivity contribution >= 4 is 19.6 Å². The molecular formula is C7H8FO3PS. The van der Waals surface area contributed by atoms with Gasteiger partial charge in [0.2, 0.25) is 0 Å². The van der Waals surface area contributed by atoms with Crippen LogP contribution in [-0.4, -0.2) is 11.6 Å². The lowest BCUT2D eigenvalue weighted by Gasteiger charge is -2.04. The molecule has 1 N–H and O–H groups in total. The van der Waals surface area contributed by atoms with Crippen molar-refractivity contribution in [3.05, 3.63) is 30.1 Å². The molecule has 0 spiro atoms. The maximum Gasteiger partial charge on any atom is 0.336 e. The molecule has 1 aromatic rings. The maximum atomic E-state index is 12.6. The standard InChI is InChI=1S/C7H8FO3PS/c1-12(9,10)11-13-7-4-2-3-6(8)5-7/h2-5H,1H3,(H,9,10). The van der Waals surface area contributed by atoms with E-state index < -0.39 is 13.4 Å². The van der Waals surface area contributed by atoms with Crippen molar-refractivity contribution in [2.24, 2.45) is 0 Å². The summed E-state index contributed by atoms with van der Waals surface area (Å²) in [7, 11) is -3.51. The first-order valence-electron chi connectivity index (χ1n) is 3.39. The van der Waals surface area contributed by atoms with E-state index in [1.54, 1.807) is 6.07 Å².